The van der Waals surface area contributed by atoms with Crippen LogP contribution in [-0.2, 0) is 4.79 Å². The average Bonchev–Trinajstić information content (AvgIpc) is 3.21. The number of hydrogen-bond acceptors (Lipinski definition) is 3. The maximum absolute atomic E-state index is 12.8. The first kappa shape index (κ1) is 16.4. The van der Waals surface area contributed by atoms with Gasteiger partial charge in [0.2, 0.25) is 0 Å². The van der Waals surface area contributed by atoms with Crippen LogP contribution in [-0.4, -0.2) is 40.2 Å². The van der Waals surface area contributed by atoms with Crippen LogP contribution in [0.4, 0.5) is 0 Å². The predicted octanol–water partition coefficient (Wildman–Crippen LogP) is 3.51. The number of carbonyl (C=O) groups is 2. The summed E-state index contributed by atoms with van der Waals surface area (Å²) >= 11 is 1.71. The third-order valence-electron chi connectivity index (χ3n) is 5.01. The third-order valence-corrected chi connectivity index (χ3v) is 6.10. The quantitative estimate of drug-likeness (QED) is 0.857. The van der Waals surface area contributed by atoms with Gasteiger partial charge in [0.25, 0.3) is 5.91 Å². The fraction of sp³-hybridized carbons (Fsp3) is 0.556. The first-order valence-corrected chi connectivity index (χ1v) is 9.09. The summed E-state index contributed by atoms with van der Waals surface area (Å²) < 4.78 is 0. The normalized spacial score (nSPS) is 22.4. The van der Waals surface area contributed by atoms with Crippen molar-refractivity contribution >= 4 is 23.6 Å². The molecule has 1 amide bonds. The molecule has 124 valence electrons. The Kier molecular flexibility index (Phi) is 4.41. The molecule has 0 bridgehead atoms. The Bertz CT molecular complexity index is 620. The zero-order valence-corrected chi connectivity index (χ0v) is 14.4. The van der Waals surface area contributed by atoms with E-state index in [1.54, 1.807) is 11.8 Å². The van der Waals surface area contributed by atoms with E-state index >= 15 is 0 Å². The van der Waals surface area contributed by atoms with Crippen molar-refractivity contribution in [3.8, 4) is 0 Å². The van der Waals surface area contributed by atoms with Crippen molar-refractivity contribution in [3.63, 3.8) is 0 Å². The molecule has 2 aliphatic rings. The number of carboxylic acids is 1. The fourth-order valence-corrected chi connectivity index (χ4v) is 4.52. The maximum Gasteiger partial charge on any atom is 0.307 e. The Morgan fingerprint density at radius 3 is 2.48 bits per heavy atom. The molecule has 0 radical (unpaired) electrons. The standard InChI is InChI=1S/C18H23NO3S/c1-12(2)23-15-6-4-3-5-13(15)16(20)19-9-7-18(8-10-19)11-14(18)17(21)22/h3-6,12,14H,7-11H2,1-2H3,(H,21,22). The molecule has 2 fully saturated rings. The van der Waals surface area contributed by atoms with Crippen LogP contribution >= 0.6 is 11.8 Å². The number of nitrogens with zero attached hydrogens (tertiary/aromatic N) is 1. The summed E-state index contributed by atoms with van der Waals surface area (Å²) in [5.74, 6) is -0.789. The Morgan fingerprint density at radius 2 is 1.91 bits per heavy atom. The number of hydrogen-bond donors (Lipinski definition) is 1. The zero-order chi connectivity index (χ0) is 16.6. The van der Waals surface area contributed by atoms with Crippen LogP contribution in [0, 0.1) is 11.3 Å². The van der Waals surface area contributed by atoms with Gasteiger partial charge in [0.05, 0.1) is 11.5 Å². The number of thioether (sulfide) groups is 1. The first-order valence-electron chi connectivity index (χ1n) is 8.21. The van der Waals surface area contributed by atoms with Crippen LogP contribution in [0.15, 0.2) is 29.2 Å². The van der Waals surface area contributed by atoms with Gasteiger partial charge in [-0.15, -0.1) is 11.8 Å². The molecule has 1 heterocycles. The first-order chi connectivity index (χ1) is 10.9. The number of carboxylic acid groups (broad SMARTS) is 1. The highest BCUT2D eigenvalue weighted by Crippen LogP contribution is 2.59. The van der Waals surface area contributed by atoms with Crippen LogP contribution in [0.25, 0.3) is 0 Å². The molecule has 5 heteroatoms. The van der Waals surface area contributed by atoms with Crippen LogP contribution in [0.3, 0.4) is 0 Å². The summed E-state index contributed by atoms with van der Waals surface area (Å²) in [5, 5.41) is 9.59. The van der Waals surface area contributed by atoms with E-state index in [0.29, 0.717) is 18.3 Å². The van der Waals surface area contributed by atoms with E-state index in [1.165, 1.54) is 0 Å². The summed E-state index contributed by atoms with van der Waals surface area (Å²) in [5.41, 5.74) is 0.738. The lowest BCUT2D eigenvalue weighted by Gasteiger charge is -2.33. The minimum absolute atomic E-state index is 0.0329. The minimum Gasteiger partial charge on any atom is -0.481 e. The van der Waals surface area contributed by atoms with Crippen molar-refractivity contribution < 1.29 is 14.7 Å². The molecule has 1 unspecified atom stereocenters. The second-order valence-electron chi connectivity index (χ2n) is 6.91. The SMILES string of the molecule is CC(C)Sc1ccccc1C(=O)N1CCC2(CC1)CC2C(=O)O. The Labute approximate surface area is 141 Å². The van der Waals surface area contributed by atoms with Gasteiger partial charge in [-0.25, -0.2) is 0 Å². The number of benzene rings is 1. The summed E-state index contributed by atoms with van der Waals surface area (Å²) in [6.07, 6.45) is 2.41. The van der Waals surface area contributed by atoms with E-state index in [1.807, 2.05) is 29.2 Å². The highest BCUT2D eigenvalue weighted by Gasteiger charge is 2.59. The Hall–Kier alpha value is -1.49. The molecule has 1 spiro atoms. The van der Waals surface area contributed by atoms with Gasteiger partial charge in [0.15, 0.2) is 0 Å². The van der Waals surface area contributed by atoms with Gasteiger partial charge in [-0.3, -0.25) is 9.59 Å². The van der Waals surface area contributed by atoms with Crippen molar-refractivity contribution in [2.75, 3.05) is 13.1 Å². The van der Waals surface area contributed by atoms with Crippen molar-refractivity contribution in [2.45, 2.75) is 43.3 Å². The largest absolute Gasteiger partial charge is 0.481 e. The lowest BCUT2D eigenvalue weighted by Crippen LogP contribution is -2.40. The second-order valence-corrected chi connectivity index (χ2v) is 8.53. The maximum atomic E-state index is 12.8. The Balaban J connectivity index is 1.68. The van der Waals surface area contributed by atoms with Crippen molar-refractivity contribution in [2.24, 2.45) is 11.3 Å². The fourth-order valence-electron chi connectivity index (χ4n) is 3.57. The van der Waals surface area contributed by atoms with Crippen LogP contribution < -0.4 is 0 Å². The number of carbonyl (C=O) groups excluding carboxylic acids is 1. The smallest absolute Gasteiger partial charge is 0.307 e. The van der Waals surface area contributed by atoms with Crippen LogP contribution in [0.1, 0.15) is 43.5 Å². The van der Waals surface area contributed by atoms with E-state index in [9.17, 15) is 9.59 Å². The van der Waals surface area contributed by atoms with E-state index in [0.717, 1.165) is 29.7 Å². The molecular weight excluding hydrogens is 310 g/mol. The van der Waals surface area contributed by atoms with Gasteiger partial charge in [-0.05, 0) is 36.8 Å². The van der Waals surface area contributed by atoms with E-state index in [-0.39, 0.29) is 17.2 Å². The molecule has 1 N–H and O–H groups in total. The van der Waals surface area contributed by atoms with Crippen LogP contribution in [0.5, 0.6) is 0 Å². The molecule has 23 heavy (non-hydrogen) atoms. The monoisotopic (exact) mass is 333 g/mol. The topological polar surface area (TPSA) is 57.6 Å². The highest BCUT2D eigenvalue weighted by atomic mass is 32.2. The minimum atomic E-state index is -0.677. The molecule has 3 rings (SSSR count). The summed E-state index contributed by atoms with van der Waals surface area (Å²) in [7, 11) is 0. The van der Waals surface area contributed by atoms with E-state index < -0.39 is 5.97 Å². The number of rotatable bonds is 4. The van der Waals surface area contributed by atoms with Gasteiger partial charge in [-0.1, -0.05) is 26.0 Å². The molecule has 1 saturated heterocycles. The molecular formula is C18H23NO3S. The number of amides is 1. The molecule has 1 aliphatic heterocycles. The second kappa shape index (κ2) is 6.19. The zero-order valence-electron chi connectivity index (χ0n) is 13.6. The summed E-state index contributed by atoms with van der Waals surface area (Å²) in [6.45, 7) is 5.58. The molecule has 1 aliphatic carbocycles. The lowest BCUT2D eigenvalue weighted by atomic mass is 9.90. The average molecular weight is 333 g/mol. The summed E-state index contributed by atoms with van der Waals surface area (Å²) in [4.78, 5) is 26.9. The third kappa shape index (κ3) is 3.25. The summed E-state index contributed by atoms with van der Waals surface area (Å²) in [6, 6.07) is 7.78. The number of aliphatic carboxylic acids is 1. The molecule has 0 aromatic heterocycles. The number of likely N-dealkylation sites (tertiary alicyclic amines) is 1. The van der Waals surface area contributed by atoms with Gasteiger partial charge < -0.3 is 10.0 Å². The van der Waals surface area contributed by atoms with Crippen molar-refractivity contribution in [1.29, 1.82) is 0 Å². The molecule has 1 atom stereocenters. The van der Waals surface area contributed by atoms with Gasteiger partial charge in [0, 0.05) is 23.2 Å². The van der Waals surface area contributed by atoms with Crippen molar-refractivity contribution in [3.05, 3.63) is 29.8 Å². The van der Waals surface area contributed by atoms with E-state index in [4.69, 9.17) is 5.11 Å². The van der Waals surface area contributed by atoms with Gasteiger partial charge in [-0.2, -0.15) is 0 Å². The molecule has 1 aromatic rings. The lowest BCUT2D eigenvalue weighted by molar-refractivity contribution is -0.139. The molecule has 1 aromatic carbocycles. The van der Waals surface area contributed by atoms with Gasteiger partial charge >= 0.3 is 5.97 Å². The predicted molar refractivity (Wildman–Crippen MR) is 90.7 cm³/mol. The molecule has 4 nitrogen and oxygen atoms in total. The highest BCUT2D eigenvalue weighted by molar-refractivity contribution is 8.00. The van der Waals surface area contributed by atoms with Crippen molar-refractivity contribution in [1.82, 2.24) is 4.90 Å². The van der Waals surface area contributed by atoms with E-state index in [2.05, 4.69) is 13.8 Å². The van der Waals surface area contributed by atoms with Gasteiger partial charge in [0.1, 0.15) is 0 Å². The molecule has 1 saturated carbocycles. The van der Waals surface area contributed by atoms with Crippen LogP contribution in [0.2, 0.25) is 0 Å². The Morgan fingerprint density at radius 1 is 1.26 bits per heavy atom. The number of piperidine rings is 1.